The zero-order valence-corrected chi connectivity index (χ0v) is 15.7. The van der Waals surface area contributed by atoms with Crippen LogP contribution in [0.15, 0.2) is 47.4 Å². The van der Waals surface area contributed by atoms with Crippen LogP contribution < -0.4 is 9.64 Å². The maximum atomic E-state index is 12.8. The quantitative estimate of drug-likeness (QED) is 0.631. The van der Waals surface area contributed by atoms with E-state index in [1.807, 2.05) is 24.3 Å². The average molecular weight is 385 g/mol. The number of aryl methyl sites for hydroxylation is 1. The monoisotopic (exact) mass is 385 g/mol. The molecule has 132 valence electrons. The average Bonchev–Trinajstić information content (AvgIpc) is 2.89. The number of benzene rings is 2. The maximum Gasteiger partial charge on any atom is 0.336 e. The van der Waals surface area contributed by atoms with Gasteiger partial charge in [0, 0.05) is 0 Å². The number of hydrogen-bond acceptors (Lipinski definition) is 5. The topological polar surface area (TPSA) is 66.8 Å². The fourth-order valence-electron chi connectivity index (χ4n) is 2.55. The number of rotatable bonds is 4. The second-order valence-corrected chi connectivity index (χ2v) is 7.27. The summed E-state index contributed by atoms with van der Waals surface area (Å²) < 4.78 is 5.56. The molecule has 0 unspecified atom stereocenters. The number of nitrogens with zero attached hydrogens (tertiary/aromatic N) is 1. The molecule has 26 heavy (non-hydrogen) atoms. The molecule has 2 aromatic rings. The van der Waals surface area contributed by atoms with Crippen LogP contribution in [-0.2, 0) is 4.79 Å². The largest absolute Gasteiger partial charge is 0.497 e. The molecule has 0 bridgehead atoms. The van der Waals surface area contributed by atoms with Gasteiger partial charge in [-0.25, -0.2) is 4.79 Å². The number of anilines is 1. The molecule has 0 aromatic heterocycles. The molecule has 0 saturated carbocycles. The van der Waals surface area contributed by atoms with E-state index in [4.69, 9.17) is 17.0 Å². The zero-order valence-electron chi connectivity index (χ0n) is 14.1. The van der Waals surface area contributed by atoms with Gasteiger partial charge in [0.2, 0.25) is 0 Å². The lowest BCUT2D eigenvalue weighted by Crippen LogP contribution is -2.27. The third kappa shape index (κ3) is 3.49. The van der Waals surface area contributed by atoms with Gasteiger partial charge in [0.05, 0.1) is 23.3 Å². The lowest BCUT2D eigenvalue weighted by Gasteiger charge is -2.15. The Bertz CT molecular complexity index is 952. The van der Waals surface area contributed by atoms with E-state index in [0.29, 0.717) is 26.2 Å². The summed E-state index contributed by atoms with van der Waals surface area (Å²) >= 11 is 6.52. The van der Waals surface area contributed by atoms with E-state index in [1.54, 1.807) is 32.2 Å². The number of carbonyl (C=O) groups is 2. The molecule has 0 radical (unpaired) electrons. The Labute approximate surface area is 160 Å². The highest BCUT2D eigenvalue weighted by atomic mass is 32.2. The lowest BCUT2D eigenvalue weighted by molar-refractivity contribution is -0.113. The Hall–Kier alpha value is -2.64. The van der Waals surface area contributed by atoms with Crippen LogP contribution in [-0.4, -0.2) is 28.4 Å². The summed E-state index contributed by atoms with van der Waals surface area (Å²) in [6.45, 7) is 1.71. The molecule has 1 N–H and O–H groups in total. The minimum atomic E-state index is -1.04. The van der Waals surface area contributed by atoms with Gasteiger partial charge in [-0.3, -0.25) is 9.69 Å². The SMILES string of the molecule is COc1cccc(C=C2SC(=S)N(c3ccc(C)c(C(=O)O)c3)C2=O)c1. The number of methoxy groups -OCH3 is 1. The van der Waals surface area contributed by atoms with Crippen molar-refractivity contribution in [2.75, 3.05) is 12.0 Å². The van der Waals surface area contributed by atoms with Crippen LogP contribution in [0.4, 0.5) is 5.69 Å². The Morgan fingerprint density at radius 1 is 1.27 bits per heavy atom. The Morgan fingerprint density at radius 2 is 2.04 bits per heavy atom. The van der Waals surface area contributed by atoms with Crippen LogP contribution in [0.1, 0.15) is 21.5 Å². The van der Waals surface area contributed by atoms with Crippen molar-refractivity contribution in [2.24, 2.45) is 0 Å². The molecule has 0 aliphatic carbocycles. The minimum Gasteiger partial charge on any atom is -0.497 e. The first kappa shape index (κ1) is 18.2. The number of amides is 1. The third-order valence-corrected chi connectivity index (χ3v) is 5.20. The number of thiocarbonyl (C=S) groups is 1. The van der Waals surface area contributed by atoms with Crippen LogP contribution in [0.25, 0.3) is 6.08 Å². The second kappa shape index (κ2) is 7.31. The molecule has 0 atom stereocenters. The molecule has 1 aliphatic rings. The van der Waals surface area contributed by atoms with E-state index in [2.05, 4.69) is 0 Å². The zero-order chi connectivity index (χ0) is 18.8. The predicted octanol–water partition coefficient (Wildman–Crippen LogP) is 4.11. The van der Waals surface area contributed by atoms with E-state index in [9.17, 15) is 14.7 Å². The first-order valence-corrected chi connectivity index (χ1v) is 8.89. The standard InChI is InChI=1S/C19H15NO4S2/c1-11-6-7-13(10-15(11)18(22)23)20-17(21)16(26-19(20)25)9-12-4-3-5-14(8-12)24-2/h3-10H,1-2H3,(H,22,23). The van der Waals surface area contributed by atoms with Gasteiger partial charge in [0.1, 0.15) is 5.75 Å². The Morgan fingerprint density at radius 3 is 2.73 bits per heavy atom. The fourth-order valence-corrected chi connectivity index (χ4v) is 3.85. The Balaban J connectivity index is 1.95. The fraction of sp³-hybridized carbons (Fsp3) is 0.105. The molecular formula is C19H15NO4S2. The number of ether oxygens (including phenoxy) is 1. The first-order chi connectivity index (χ1) is 12.4. The number of carbonyl (C=O) groups excluding carboxylic acids is 1. The van der Waals surface area contributed by atoms with Crippen LogP contribution in [0.3, 0.4) is 0 Å². The molecule has 1 amide bonds. The normalized spacial score (nSPS) is 15.6. The van der Waals surface area contributed by atoms with Gasteiger partial charge in [0.25, 0.3) is 5.91 Å². The van der Waals surface area contributed by atoms with Crippen LogP contribution in [0.2, 0.25) is 0 Å². The lowest BCUT2D eigenvalue weighted by atomic mass is 10.1. The summed E-state index contributed by atoms with van der Waals surface area (Å²) in [4.78, 5) is 26.0. The summed E-state index contributed by atoms with van der Waals surface area (Å²) in [7, 11) is 1.58. The number of carboxylic acid groups (broad SMARTS) is 1. The summed E-state index contributed by atoms with van der Waals surface area (Å²) in [5.74, 6) is -0.622. The van der Waals surface area contributed by atoms with Gasteiger partial charge >= 0.3 is 5.97 Å². The molecule has 2 aromatic carbocycles. The van der Waals surface area contributed by atoms with Crippen LogP contribution in [0, 0.1) is 6.92 Å². The third-order valence-electron chi connectivity index (χ3n) is 3.90. The van der Waals surface area contributed by atoms with Crippen molar-refractivity contribution in [1.82, 2.24) is 0 Å². The van der Waals surface area contributed by atoms with Gasteiger partial charge in [-0.05, 0) is 48.4 Å². The van der Waals surface area contributed by atoms with Crippen LogP contribution in [0.5, 0.6) is 5.75 Å². The first-order valence-electron chi connectivity index (χ1n) is 7.66. The molecule has 1 fully saturated rings. The summed E-state index contributed by atoms with van der Waals surface area (Å²) in [5, 5.41) is 9.30. The molecule has 0 spiro atoms. The van der Waals surface area contributed by atoms with E-state index < -0.39 is 5.97 Å². The second-order valence-electron chi connectivity index (χ2n) is 5.60. The van der Waals surface area contributed by atoms with Crippen LogP contribution >= 0.6 is 24.0 Å². The Kier molecular flexibility index (Phi) is 5.11. The molecule has 1 heterocycles. The van der Waals surface area contributed by atoms with Crippen molar-refractivity contribution in [1.29, 1.82) is 0 Å². The van der Waals surface area contributed by atoms with Crippen molar-refractivity contribution < 1.29 is 19.4 Å². The van der Waals surface area contributed by atoms with Gasteiger partial charge in [0.15, 0.2) is 4.32 Å². The highest BCUT2D eigenvalue weighted by Gasteiger charge is 2.33. The van der Waals surface area contributed by atoms with E-state index >= 15 is 0 Å². The van der Waals surface area contributed by atoms with Gasteiger partial charge in [-0.15, -0.1) is 0 Å². The van der Waals surface area contributed by atoms with Crippen molar-refractivity contribution in [3.05, 3.63) is 64.1 Å². The predicted molar refractivity (Wildman–Crippen MR) is 107 cm³/mol. The molecule has 1 aliphatic heterocycles. The number of carboxylic acids is 1. The molecule has 3 rings (SSSR count). The molecule has 5 nitrogen and oxygen atoms in total. The van der Waals surface area contributed by atoms with Crippen molar-refractivity contribution in [3.8, 4) is 5.75 Å². The van der Waals surface area contributed by atoms with E-state index in [1.165, 1.54) is 22.7 Å². The van der Waals surface area contributed by atoms with E-state index in [-0.39, 0.29) is 11.5 Å². The summed E-state index contributed by atoms with van der Waals surface area (Å²) in [6.07, 6.45) is 1.74. The minimum absolute atomic E-state index is 0.147. The highest BCUT2D eigenvalue weighted by molar-refractivity contribution is 8.27. The number of thioether (sulfide) groups is 1. The van der Waals surface area contributed by atoms with Crippen molar-refractivity contribution >= 4 is 51.9 Å². The molecular weight excluding hydrogens is 370 g/mol. The smallest absolute Gasteiger partial charge is 0.336 e. The maximum absolute atomic E-state index is 12.8. The number of hydrogen-bond donors (Lipinski definition) is 1. The van der Waals surface area contributed by atoms with Crippen molar-refractivity contribution in [3.63, 3.8) is 0 Å². The highest BCUT2D eigenvalue weighted by Crippen LogP contribution is 2.36. The van der Waals surface area contributed by atoms with Gasteiger partial charge in [-0.1, -0.05) is 42.2 Å². The molecule has 7 heteroatoms. The van der Waals surface area contributed by atoms with Gasteiger partial charge < -0.3 is 9.84 Å². The molecule has 1 saturated heterocycles. The summed E-state index contributed by atoms with van der Waals surface area (Å²) in [5.41, 5.74) is 2.04. The summed E-state index contributed by atoms with van der Waals surface area (Å²) in [6, 6.07) is 12.2. The van der Waals surface area contributed by atoms with Crippen molar-refractivity contribution in [2.45, 2.75) is 6.92 Å². The van der Waals surface area contributed by atoms with E-state index in [0.717, 1.165) is 5.56 Å². The van der Waals surface area contributed by atoms with Gasteiger partial charge in [-0.2, -0.15) is 0 Å². The number of aromatic carboxylic acids is 1.